The van der Waals surface area contributed by atoms with Gasteiger partial charge in [-0.15, -0.1) is 0 Å². The van der Waals surface area contributed by atoms with Gasteiger partial charge in [-0.25, -0.2) is 0 Å². The van der Waals surface area contributed by atoms with E-state index in [-0.39, 0.29) is 0 Å². The van der Waals surface area contributed by atoms with Crippen LogP contribution in [-0.2, 0) is 0 Å². The fourth-order valence-corrected chi connectivity index (χ4v) is 3.69. The van der Waals surface area contributed by atoms with Crippen molar-refractivity contribution in [1.29, 1.82) is 0 Å². The van der Waals surface area contributed by atoms with Crippen LogP contribution in [0.3, 0.4) is 0 Å². The zero-order chi connectivity index (χ0) is 14.1. The van der Waals surface area contributed by atoms with E-state index in [0.717, 1.165) is 29.7 Å². The quantitative estimate of drug-likeness (QED) is 0.889. The maximum atomic E-state index is 6.11. The molecule has 1 aliphatic rings. The number of hydrogen-bond donors (Lipinski definition) is 1. The van der Waals surface area contributed by atoms with Gasteiger partial charge in [0.15, 0.2) is 0 Å². The minimum absolute atomic E-state index is 0.494. The summed E-state index contributed by atoms with van der Waals surface area (Å²) in [6.45, 7) is 5.44. The molecule has 1 aromatic carbocycles. The molecular formula is C18H25NO. The third kappa shape index (κ3) is 2.49. The van der Waals surface area contributed by atoms with Crippen molar-refractivity contribution in [2.24, 2.45) is 23.5 Å². The van der Waals surface area contributed by atoms with E-state index < -0.39 is 0 Å². The molecule has 1 fully saturated rings. The SMILES string of the molecule is CC(C)C1CCC(CN)C(c2cc3ccccc3o2)C1. The molecule has 3 unspecified atom stereocenters. The van der Waals surface area contributed by atoms with Gasteiger partial charge in [0, 0.05) is 11.3 Å². The first-order chi connectivity index (χ1) is 9.69. The van der Waals surface area contributed by atoms with Crippen molar-refractivity contribution in [3.05, 3.63) is 36.1 Å². The molecule has 1 heterocycles. The van der Waals surface area contributed by atoms with Gasteiger partial charge in [0.1, 0.15) is 11.3 Å². The van der Waals surface area contributed by atoms with Crippen LogP contribution in [0, 0.1) is 17.8 Å². The molecule has 108 valence electrons. The van der Waals surface area contributed by atoms with Gasteiger partial charge < -0.3 is 10.2 Å². The number of furan rings is 1. The molecule has 0 bridgehead atoms. The fourth-order valence-electron chi connectivity index (χ4n) is 3.69. The Hall–Kier alpha value is -1.28. The van der Waals surface area contributed by atoms with Gasteiger partial charge in [0.25, 0.3) is 0 Å². The fraction of sp³-hybridized carbons (Fsp3) is 0.556. The smallest absolute Gasteiger partial charge is 0.134 e. The van der Waals surface area contributed by atoms with Crippen molar-refractivity contribution < 1.29 is 4.42 Å². The topological polar surface area (TPSA) is 39.2 Å². The van der Waals surface area contributed by atoms with Crippen molar-refractivity contribution in [3.63, 3.8) is 0 Å². The molecule has 2 nitrogen and oxygen atoms in total. The van der Waals surface area contributed by atoms with E-state index in [1.54, 1.807) is 0 Å². The van der Waals surface area contributed by atoms with Crippen molar-refractivity contribution in [3.8, 4) is 0 Å². The molecular weight excluding hydrogens is 246 g/mol. The summed E-state index contributed by atoms with van der Waals surface area (Å²) < 4.78 is 6.11. The predicted octanol–water partition coefficient (Wildman–Crippen LogP) is 4.55. The Bertz CT molecular complexity index is 539. The number of benzene rings is 1. The summed E-state index contributed by atoms with van der Waals surface area (Å²) in [5.74, 6) is 3.77. The molecule has 2 N–H and O–H groups in total. The summed E-state index contributed by atoms with van der Waals surface area (Å²) in [5.41, 5.74) is 7.01. The van der Waals surface area contributed by atoms with Crippen molar-refractivity contribution in [2.45, 2.75) is 39.0 Å². The van der Waals surface area contributed by atoms with Crippen LogP contribution in [0.15, 0.2) is 34.7 Å². The number of hydrogen-bond acceptors (Lipinski definition) is 2. The largest absolute Gasteiger partial charge is 0.461 e. The van der Waals surface area contributed by atoms with E-state index >= 15 is 0 Å². The highest BCUT2D eigenvalue weighted by molar-refractivity contribution is 5.77. The van der Waals surface area contributed by atoms with Crippen LogP contribution in [0.5, 0.6) is 0 Å². The maximum absolute atomic E-state index is 6.11. The minimum atomic E-state index is 0.494. The van der Waals surface area contributed by atoms with Gasteiger partial charge in [-0.1, -0.05) is 32.0 Å². The summed E-state index contributed by atoms with van der Waals surface area (Å²) in [6.07, 6.45) is 3.77. The second-order valence-electron chi connectivity index (χ2n) is 6.61. The average Bonchev–Trinajstić information content (AvgIpc) is 2.90. The van der Waals surface area contributed by atoms with Crippen LogP contribution in [0.1, 0.15) is 44.8 Å². The second-order valence-corrected chi connectivity index (χ2v) is 6.61. The summed E-state index contributed by atoms with van der Waals surface area (Å²) >= 11 is 0. The van der Waals surface area contributed by atoms with Gasteiger partial charge in [-0.2, -0.15) is 0 Å². The van der Waals surface area contributed by atoms with E-state index in [2.05, 4.69) is 38.1 Å². The Morgan fingerprint density at radius 2 is 2.05 bits per heavy atom. The zero-order valence-corrected chi connectivity index (χ0v) is 12.5. The number of rotatable bonds is 3. The van der Waals surface area contributed by atoms with Gasteiger partial charge in [-0.3, -0.25) is 0 Å². The van der Waals surface area contributed by atoms with Crippen LogP contribution in [0.25, 0.3) is 11.0 Å². The van der Waals surface area contributed by atoms with Crippen LogP contribution in [0.2, 0.25) is 0 Å². The highest BCUT2D eigenvalue weighted by atomic mass is 16.3. The second kappa shape index (κ2) is 5.61. The highest BCUT2D eigenvalue weighted by Gasteiger charge is 2.33. The molecule has 0 amide bonds. The third-order valence-electron chi connectivity index (χ3n) is 5.09. The lowest BCUT2D eigenvalue weighted by Gasteiger charge is -2.36. The zero-order valence-electron chi connectivity index (χ0n) is 12.5. The van der Waals surface area contributed by atoms with Crippen molar-refractivity contribution >= 4 is 11.0 Å². The van der Waals surface area contributed by atoms with E-state index in [1.165, 1.54) is 24.6 Å². The number of fused-ring (bicyclic) bond motifs is 1. The van der Waals surface area contributed by atoms with E-state index in [0.29, 0.717) is 11.8 Å². The Morgan fingerprint density at radius 1 is 1.25 bits per heavy atom. The highest BCUT2D eigenvalue weighted by Crippen LogP contribution is 2.43. The van der Waals surface area contributed by atoms with Crippen LogP contribution in [0.4, 0.5) is 0 Å². The van der Waals surface area contributed by atoms with Crippen LogP contribution < -0.4 is 5.73 Å². The number of para-hydroxylation sites is 1. The lowest BCUT2D eigenvalue weighted by Crippen LogP contribution is -2.30. The molecule has 3 atom stereocenters. The molecule has 2 heteroatoms. The summed E-state index contributed by atoms with van der Waals surface area (Å²) in [4.78, 5) is 0. The molecule has 3 rings (SSSR count). The summed E-state index contributed by atoms with van der Waals surface area (Å²) in [7, 11) is 0. The monoisotopic (exact) mass is 271 g/mol. The van der Waals surface area contributed by atoms with Crippen LogP contribution in [-0.4, -0.2) is 6.54 Å². The Labute approximate surface area is 121 Å². The molecule has 0 spiro atoms. The van der Waals surface area contributed by atoms with Crippen molar-refractivity contribution in [1.82, 2.24) is 0 Å². The minimum Gasteiger partial charge on any atom is -0.461 e. The Balaban J connectivity index is 1.91. The standard InChI is InChI=1S/C18H25NO/c1-12(2)13-7-8-15(11-19)16(9-13)18-10-14-5-3-4-6-17(14)20-18/h3-6,10,12-13,15-16H,7-9,11,19H2,1-2H3. The van der Waals surface area contributed by atoms with Gasteiger partial charge in [0.05, 0.1) is 0 Å². The maximum Gasteiger partial charge on any atom is 0.134 e. The van der Waals surface area contributed by atoms with E-state index in [4.69, 9.17) is 10.2 Å². The summed E-state index contributed by atoms with van der Waals surface area (Å²) in [6, 6.07) is 10.5. The first-order valence-corrected chi connectivity index (χ1v) is 7.87. The molecule has 0 aliphatic heterocycles. The summed E-state index contributed by atoms with van der Waals surface area (Å²) in [5, 5.41) is 1.21. The molecule has 1 aromatic heterocycles. The Kier molecular flexibility index (Phi) is 3.84. The first kappa shape index (κ1) is 13.7. The Morgan fingerprint density at radius 3 is 2.75 bits per heavy atom. The van der Waals surface area contributed by atoms with E-state index in [9.17, 15) is 0 Å². The van der Waals surface area contributed by atoms with Gasteiger partial charge >= 0.3 is 0 Å². The lowest BCUT2D eigenvalue weighted by molar-refractivity contribution is 0.183. The molecule has 1 aliphatic carbocycles. The first-order valence-electron chi connectivity index (χ1n) is 7.87. The molecule has 0 saturated heterocycles. The van der Waals surface area contributed by atoms with Crippen LogP contribution >= 0.6 is 0 Å². The molecule has 2 aromatic rings. The molecule has 20 heavy (non-hydrogen) atoms. The van der Waals surface area contributed by atoms with E-state index in [1.807, 2.05) is 6.07 Å². The third-order valence-corrected chi connectivity index (χ3v) is 5.09. The lowest BCUT2D eigenvalue weighted by atomic mass is 9.70. The molecule has 0 radical (unpaired) electrons. The van der Waals surface area contributed by atoms with Gasteiger partial charge in [-0.05, 0) is 55.7 Å². The number of nitrogens with two attached hydrogens (primary N) is 1. The normalized spacial score (nSPS) is 27.3. The van der Waals surface area contributed by atoms with Crippen molar-refractivity contribution in [2.75, 3.05) is 6.54 Å². The molecule has 1 saturated carbocycles. The van der Waals surface area contributed by atoms with Gasteiger partial charge in [0.2, 0.25) is 0 Å². The predicted molar refractivity (Wildman–Crippen MR) is 83.7 cm³/mol. The average molecular weight is 271 g/mol.